The molecule has 1 N–H and O–H groups in total. The average molecular weight is 299 g/mol. The number of anilines is 1. The molecule has 1 aliphatic carbocycles. The lowest BCUT2D eigenvalue weighted by Gasteiger charge is -2.31. The van der Waals surface area contributed by atoms with Gasteiger partial charge in [0.1, 0.15) is 5.82 Å². The number of nitrogens with zero attached hydrogens (tertiary/aromatic N) is 1. The van der Waals surface area contributed by atoms with Crippen LogP contribution in [0.3, 0.4) is 0 Å². The van der Waals surface area contributed by atoms with Crippen LogP contribution in [0.2, 0.25) is 0 Å². The van der Waals surface area contributed by atoms with Crippen molar-refractivity contribution in [1.82, 2.24) is 4.98 Å². The molecule has 0 amide bonds. The van der Waals surface area contributed by atoms with Crippen LogP contribution < -0.4 is 5.32 Å². The first kappa shape index (κ1) is 12.8. The zero-order valence-electron chi connectivity index (χ0n) is 10.4. The highest BCUT2D eigenvalue weighted by molar-refractivity contribution is 9.10. The zero-order valence-corrected chi connectivity index (χ0v) is 12.0. The van der Waals surface area contributed by atoms with Gasteiger partial charge in [0.05, 0.1) is 12.1 Å². The van der Waals surface area contributed by atoms with Gasteiger partial charge in [-0.25, -0.2) is 4.98 Å². The predicted molar refractivity (Wildman–Crippen MR) is 73.3 cm³/mol. The molecule has 2 atom stereocenters. The van der Waals surface area contributed by atoms with Gasteiger partial charge in [0.15, 0.2) is 0 Å². The number of nitrogens with one attached hydrogen (secondary N) is 1. The van der Waals surface area contributed by atoms with E-state index in [1.165, 1.54) is 18.4 Å². The van der Waals surface area contributed by atoms with Crippen molar-refractivity contribution < 1.29 is 4.74 Å². The molecule has 1 aromatic heterocycles. The molecule has 0 radical (unpaired) electrons. The molecule has 94 valence electrons. The van der Waals surface area contributed by atoms with E-state index in [1.807, 2.05) is 6.20 Å². The Labute approximate surface area is 111 Å². The normalized spacial score (nSPS) is 24.6. The quantitative estimate of drug-likeness (QED) is 0.927. The summed E-state index contributed by atoms with van der Waals surface area (Å²) < 4.78 is 6.58. The van der Waals surface area contributed by atoms with E-state index in [2.05, 4.69) is 39.2 Å². The number of aryl methyl sites for hydroxylation is 1. The molecular weight excluding hydrogens is 280 g/mol. The molecule has 2 rings (SSSR count). The van der Waals surface area contributed by atoms with E-state index < -0.39 is 0 Å². The van der Waals surface area contributed by atoms with E-state index in [1.54, 1.807) is 7.11 Å². The smallest absolute Gasteiger partial charge is 0.126 e. The van der Waals surface area contributed by atoms with Gasteiger partial charge in [-0.05, 0) is 47.3 Å². The Morgan fingerprint density at radius 1 is 1.41 bits per heavy atom. The Balaban J connectivity index is 2.05. The summed E-state index contributed by atoms with van der Waals surface area (Å²) in [5.41, 5.74) is 1.20. The van der Waals surface area contributed by atoms with Crippen molar-refractivity contribution in [2.75, 3.05) is 12.4 Å². The van der Waals surface area contributed by atoms with Gasteiger partial charge in [-0.15, -0.1) is 0 Å². The highest BCUT2D eigenvalue weighted by Gasteiger charge is 2.24. The molecule has 17 heavy (non-hydrogen) atoms. The predicted octanol–water partition coefficient (Wildman–Crippen LogP) is 3.52. The van der Waals surface area contributed by atoms with Crippen molar-refractivity contribution in [3.8, 4) is 0 Å². The number of pyridine rings is 1. The minimum Gasteiger partial charge on any atom is -0.379 e. The van der Waals surface area contributed by atoms with Crippen molar-refractivity contribution in [1.29, 1.82) is 0 Å². The molecule has 0 saturated heterocycles. The first-order chi connectivity index (χ1) is 8.20. The number of ether oxygens (including phenoxy) is 1. The Hall–Kier alpha value is -0.610. The van der Waals surface area contributed by atoms with E-state index in [9.17, 15) is 0 Å². The molecule has 1 aromatic rings. The number of rotatable bonds is 3. The van der Waals surface area contributed by atoms with E-state index in [-0.39, 0.29) is 0 Å². The highest BCUT2D eigenvalue weighted by Crippen LogP contribution is 2.24. The summed E-state index contributed by atoms with van der Waals surface area (Å²) in [7, 11) is 1.80. The van der Waals surface area contributed by atoms with Gasteiger partial charge in [0.2, 0.25) is 0 Å². The summed E-state index contributed by atoms with van der Waals surface area (Å²) in [5.74, 6) is 0.944. The Kier molecular flexibility index (Phi) is 4.40. The van der Waals surface area contributed by atoms with Crippen LogP contribution in [0.1, 0.15) is 31.2 Å². The summed E-state index contributed by atoms with van der Waals surface area (Å²) in [6.07, 6.45) is 7.01. The van der Waals surface area contributed by atoms with Crippen molar-refractivity contribution in [3.63, 3.8) is 0 Å². The van der Waals surface area contributed by atoms with E-state index in [0.29, 0.717) is 12.1 Å². The van der Waals surface area contributed by atoms with Crippen molar-refractivity contribution in [2.24, 2.45) is 0 Å². The largest absolute Gasteiger partial charge is 0.379 e. The third-order valence-electron chi connectivity index (χ3n) is 3.39. The van der Waals surface area contributed by atoms with Crippen LogP contribution in [-0.2, 0) is 4.74 Å². The maximum atomic E-state index is 5.53. The van der Waals surface area contributed by atoms with Gasteiger partial charge in [0.25, 0.3) is 0 Å². The molecule has 2 unspecified atom stereocenters. The molecule has 1 heterocycles. The van der Waals surface area contributed by atoms with Gasteiger partial charge >= 0.3 is 0 Å². The Bertz CT molecular complexity index is 384. The summed E-state index contributed by atoms with van der Waals surface area (Å²) in [5, 5.41) is 3.49. The third kappa shape index (κ3) is 3.19. The molecule has 0 aliphatic heterocycles. The summed E-state index contributed by atoms with van der Waals surface area (Å²) in [4.78, 5) is 4.39. The molecule has 0 spiro atoms. The lowest BCUT2D eigenvalue weighted by Crippen LogP contribution is -2.38. The fraction of sp³-hybridized carbons (Fsp3) is 0.615. The number of methoxy groups -OCH3 is 1. The van der Waals surface area contributed by atoms with Crippen LogP contribution in [-0.4, -0.2) is 24.2 Å². The molecule has 1 aliphatic rings. The number of halogens is 1. The molecular formula is C13H19BrN2O. The summed E-state index contributed by atoms with van der Waals surface area (Å²) in [6.45, 7) is 2.08. The lowest BCUT2D eigenvalue weighted by molar-refractivity contribution is 0.0605. The SMILES string of the molecule is COC1CCCCC1Nc1cc(C)c(Br)cn1. The van der Waals surface area contributed by atoms with Crippen LogP contribution in [0.15, 0.2) is 16.7 Å². The summed E-state index contributed by atoms with van der Waals surface area (Å²) >= 11 is 3.47. The van der Waals surface area contributed by atoms with Crippen LogP contribution >= 0.6 is 15.9 Å². The zero-order chi connectivity index (χ0) is 12.3. The average Bonchev–Trinajstić information content (AvgIpc) is 2.34. The standard InChI is InChI=1S/C13H19BrN2O/c1-9-7-13(15-8-10(9)14)16-11-5-3-4-6-12(11)17-2/h7-8,11-12H,3-6H2,1-2H3,(H,15,16). The van der Waals surface area contributed by atoms with Crippen LogP contribution in [0, 0.1) is 6.92 Å². The molecule has 1 fully saturated rings. The second-order valence-electron chi connectivity index (χ2n) is 4.63. The maximum Gasteiger partial charge on any atom is 0.126 e. The van der Waals surface area contributed by atoms with Crippen LogP contribution in [0.5, 0.6) is 0 Å². The van der Waals surface area contributed by atoms with Crippen molar-refractivity contribution in [2.45, 2.75) is 44.8 Å². The number of hydrogen-bond donors (Lipinski definition) is 1. The van der Waals surface area contributed by atoms with E-state index in [0.717, 1.165) is 23.1 Å². The molecule has 3 nitrogen and oxygen atoms in total. The minimum atomic E-state index is 0.314. The fourth-order valence-electron chi connectivity index (χ4n) is 2.35. The van der Waals surface area contributed by atoms with Gasteiger partial charge in [-0.3, -0.25) is 0 Å². The lowest BCUT2D eigenvalue weighted by atomic mass is 9.92. The van der Waals surface area contributed by atoms with E-state index >= 15 is 0 Å². The first-order valence-corrected chi connectivity index (χ1v) is 6.91. The molecule has 0 aromatic carbocycles. The molecule has 4 heteroatoms. The topological polar surface area (TPSA) is 34.1 Å². The minimum absolute atomic E-state index is 0.314. The van der Waals surface area contributed by atoms with Gasteiger partial charge in [0, 0.05) is 17.8 Å². The van der Waals surface area contributed by atoms with Crippen molar-refractivity contribution in [3.05, 3.63) is 22.3 Å². The van der Waals surface area contributed by atoms with E-state index in [4.69, 9.17) is 4.74 Å². The monoisotopic (exact) mass is 298 g/mol. The van der Waals surface area contributed by atoms with Gasteiger partial charge in [-0.1, -0.05) is 12.8 Å². The Morgan fingerprint density at radius 2 is 2.18 bits per heavy atom. The fourth-order valence-corrected chi connectivity index (χ4v) is 2.57. The molecule has 1 saturated carbocycles. The highest BCUT2D eigenvalue weighted by atomic mass is 79.9. The second kappa shape index (κ2) is 5.83. The van der Waals surface area contributed by atoms with Gasteiger partial charge in [-0.2, -0.15) is 0 Å². The summed E-state index contributed by atoms with van der Waals surface area (Å²) in [6, 6.07) is 2.47. The van der Waals surface area contributed by atoms with Crippen molar-refractivity contribution >= 4 is 21.7 Å². The Morgan fingerprint density at radius 3 is 2.88 bits per heavy atom. The van der Waals surface area contributed by atoms with Crippen LogP contribution in [0.4, 0.5) is 5.82 Å². The first-order valence-electron chi connectivity index (χ1n) is 6.12. The van der Waals surface area contributed by atoms with Crippen LogP contribution in [0.25, 0.3) is 0 Å². The number of aromatic nitrogens is 1. The molecule has 0 bridgehead atoms. The third-order valence-corrected chi connectivity index (χ3v) is 4.22. The second-order valence-corrected chi connectivity index (χ2v) is 5.48. The number of hydrogen-bond acceptors (Lipinski definition) is 3. The van der Waals surface area contributed by atoms with Gasteiger partial charge < -0.3 is 10.1 Å². The maximum absolute atomic E-state index is 5.53.